The van der Waals surface area contributed by atoms with Crippen molar-refractivity contribution < 1.29 is 4.79 Å². The molecule has 2 aromatic heterocycles. The van der Waals surface area contributed by atoms with Gasteiger partial charge in [-0.2, -0.15) is 0 Å². The van der Waals surface area contributed by atoms with Crippen molar-refractivity contribution in [1.29, 1.82) is 0 Å². The Kier molecular flexibility index (Phi) is 3.51. The molecule has 8 nitrogen and oxygen atoms in total. The van der Waals surface area contributed by atoms with E-state index in [2.05, 4.69) is 15.5 Å². The van der Waals surface area contributed by atoms with Crippen molar-refractivity contribution in [2.75, 3.05) is 0 Å². The molecule has 23 heavy (non-hydrogen) atoms. The standard InChI is InChI=1S/C15H17N5O3/c1-4-8(2)16-12(21)9-5-6-10-11(7-9)20-14(17-18-15(20)23)19(3)13(10)22/h5-8H,4H2,1-3H3,(H,16,21)(H,18,23)/t8-/m0/s1. The van der Waals surface area contributed by atoms with E-state index in [0.717, 1.165) is 6.42 Å². The zero-order chi connectivity index (χ0) is 16.7. The maximum absolute atomic E-state index is 12.3. The Morgan fingerprint density at radius 3 is 2.83 bits per heavy atom. The van der Waals surface area contributed by atoms with Crippen LogP contribution in [0.4, 0.5) is 0 Å². The highest BCUT2D eigenvalue weighted by Gasteiger charge is 2.15. The molecule has 0 aliphatic carbocycles. The summed E-state index contributed by atoms with van der Waals surface area (Å²) in [6, 6.07) is 4.72. The summed E-state index contributed by atoms with van der Waals surface area (Å²) in [5.41, 5.74) is 0.0135. The molecular weight excluding hydrogens is 298 g/mol. The zero-order valence-electron chi connectivity index (χ0n) is 13.1. The predicted molar refractivity (Wildman–Crippen MR) is 85.8 cm³/mol. The van der Waals surface area contributed by atoms with Gasteiger partial charge in [-0.05, 0) is 31.5 Å². The van der Waals surface area contributed by atoms with Crippen LogP contribution in [0.25, 0.3) is 16.7 Å². The minimum Gasteiger partial charge on any atom is -0.350 e. The Balaban J connectivity index is 2.27. The molecule has 3 rings (SSSR count). The molecule has 8 heteroatoms. The van der Waals surface area contributed by atoms with Gasteiger partial charge in [-0.1, -0.05) is 6.92 Å². The molecule has 0 aliphatic heterocycles. The van der Waals surface area contributed by atoms with Gasteiger partial charge in [-0.15, -0.1) is 5.10 Å². The van der Waals surface area contributed by atoms with Gasteiger partial charge in [0.25, 0.3) is 11.5 Å². The summed E-state index contributed by atoms with van der Waals surface area (Å²) < 4.78 is 2.58. The first-order valence-corrected chi connectivity index (χ1v) is 7.34. The van der Waals surface area contributed by atoms with Gasteiger partial charge in [0, 0.05) is 18.7 Å². The molecule has 1 atom stereocenters. The van der Waals surface area contributed by atoms with Crippen LogP contribution in [0.3, 0.4) is 0 Å². The first-order chi connectivity index (χ1) is 10.9. The fourth-order valence-electron chi connectivity index (χ4n) is 2.45. The molecule has 0 saturated carbocycles. The number of amides is 1. The predicted octanol–water partition coefficient (Wildman–Crippen LogP) is 0.403. The number of aromatic amines is 1. The molecule has 2 N–H and O–H groups in total. The Bertz CT molecular complexity index is 1030. The zero-order valence-corrected chi connectivity index (χ0v) is 13.1. The minimum atomic E-state index is -0.458. The molecule has 2 heterocycles. The van der Waals surface area contributed by atoms with Gasteiger partial charge in [0.05, 0.1) is 10.9 Å². The third-order valence-corrected chi connectivity index (χ3v) is 3.98. The van der Waals surface area contributed by atoms with Crippen molar-refractivity contribution in [2.24, 2.45) is 7.05 Å². The van der Waals surface area contributed by atoms with Crippen LogP contribution in [0.2, 0.25) is 0 Å². The normalized spacial score (nSPS) is 12.7. The van der Waals surface area contributed by atoms with Gasteiger partial charge < -0.3 is 5.32 Å². The van der Waals surface area contributed by atoms with Crippen molar-refractivity contribution in [3.05, 3.63) is 44.6 Å². The number of nitrogens with zero attached hydrogens (tertiary/aromatic N) is 3. The molecule has 0 saturated heterocycles. The number of rotatable bonds is 3. The van der Waals surface area contributed by atoms with Gasteiger partial charge in [0.2, 0.25) is 5.78 Å². The number of carbonyl (C=O) groups excluding carboxylic acids is 1. The topological polar surface area (TPSA) is 101 Å². The number of nitrogens with one attached hydrogen (secondary N) is 2. The molecule has 1 aromatic carbocycles. The summed E-state index contributed by atoms with van der Waals surface area (Å²) in [7, 11) is 1.54. The third-order valence-electron chi connectivity index (χ3n) is 3.98. The van der Waals surface area contributed by atoms with Crippen LogP contribution in [0, 0.1) is 0 Å². The second-order valence-electron chi connectivity index (χ2n) is 5.54. The molecule has 120 valence electrons. The van der Waals surface area contributed by atoms with E-state index in [4.69, 9.17) is 0 Å². The lowest BCUT2D eigenvalue weighted by molar-refractivity contribution is 0.0939. The quantitative estimate of drug-likeness (QED) is 0.730. The van der Waals surface area contributed by atoms with Crippen LogP contribution in [-0.2, 0) is 7.05 Å². The number of benzene rings is 1. The molecule has 0 spiro atoms. The van der Waals surface area contributed by atoms with Gasteiger partial charge in [0.15, 0.2) is 0 Å². The Hall–Kier alpha value is -2.90. The van der Waals surface area contributed by atoms with Crippen LogP contribution in [0.5, 0.6) is 0 Å². The fraction of sp³-hybridized carbons (Fsp3) is 0.333. The van der Waals surface area contributed by atoms with E-state index >= 15 is 0 Å². The monoisotopic (exact) mass is 315 g/mol. The number of fused-ring (bicyclic) bond motifs is 3. The number of hydrogen-bond donors (Lipinski definition) is 2. The molecular formula is C15H17N5O3. The van der Waals surface area contributed by atoms with Crippen molar-refractivity contribution in [1.82, 2.24) is 24.5 Å². The molecule has 0 radical (unpaired) electrons. The maximum Gasteiger partial charge on any atom is 0.349 e. The number of carbonyl (C=O) groups is 1. The molecule has 0 bridgehead atoms. The summed E-state index contributed by atoms with van der Waals surface area (Å²) in [4.78, 5) is 36.6. The van der Waals surface area contributed by atoms with Crippen molar-refractivity contribution >= 4 is 22.6 Å². The van der Waals surface area contributed by atoms with E-state index in [9.17, 15) is 14.4 Å². The highest BCUT2D eigenvalue weighted by molar-refractivity contribution is 5.98. The molecule has 0 fully saturated rings. The molecule has 1 amide bonds. The number of aryl methyl sites for hydroxylation is 1. The van der Waals surface area contributed by atoms with E-state index in [-0.39, 0.29) is 23.3 Å². The lowest BCUT2D eigenvalue weighted by Gasteiger charge is -2.12. The lowest BCUT2D eigenvalue weighted by atomic mass is 10.1. The summed E-state index contributed by atoms with van der Waals surface area (Å²) >= 11 is 0. The molecule has 0 aliphatic rings. The fourth-order valence-corrected chi connectivity index (χ4v) is 2.45. The van der Waals surface area contributed by atoms with E-state index in [0.29, 0.717) is 16.5 Å². The Morgan fingerprint density at radius 1 is 1.39 bits per heavy atom. The van der Waals surface area contributed by atoms with E-state index in [1.807, 2.05) is 13.8 Å². The van der Waals surface area contributed by atoms with Crippen molar-refractivity contribution in [3.63, 3.8) is 0 Å². The van der Waals surface area contributed by atoms with E-state index in [1.54, 1.807) is 25.2 Å². The van der Waals surface area contributed by atoms with E-state index < -0.39 is 5.69 Å². The maximum atomic E-state index is 12.3. The Labute approximate surface area is 130 Å². The minimum absolute atomic E-state index is 0.0403. The molecule has 3 aromatic rings. The SMILES string of the molecule is CC[C@H](C)NC(=O)c1ccc2c(=O)n(C)c3n[nH]c(=O)n3c2c1. The summed E-state index contributed by atoms with van der Waals surface area (Å²) in [5, 5.41) is 9.39. The van der Waals surface area contributed by atoms with Crippen LogP contribution >= 0.6 is 0 Å². The van der Waals surface area contributed by atoms with Gasteiger partial charge >= 0.3 is 5.69 Å². The van der Waals surface area contributed by atoms with Crippen LogP contribution in [0.1, 0.15) is 30.6 Å². The summed E-state index contributed by atoms with van der Waals surface area (Å²) in [5.74, 6) is -0.0430. The second-order valence-corrected chi connectivity index (χ2v) is 5.54. The van der Waals surface area contributed by atoms with Gasteiger partial charge in [-0.25, -0.2) is 14.3 Å². The highest BCUT2D eigenvalue weighted by Crippen LogP contribution is 2.13. The largest absolute Gasteiger partial charge is 0.350 e. The summed E-state index contributed by atoms with van der Waals surface area (Å²) in [6.07, 6.45) is 0.811. The van der Waals surface area contributed by atoms with Crippen molar-refractivity contribution in [3.8, 4) is 0 Å². The Morgan fingerprint density at radius 2 is 2.13 bits per heavy atom. The number of H-pyrrole nitrogens is 1. The average Bonchev–Trinajstić information content (AvgIpc) is 2.94. The average molecular weight is 315 g/mol. The smallest absolute Gasteiger partial charge is 0.349 e. The van der Waals surface area contributed by atoms with Gasteiger partial charge in [0.1, 0.15) is 0 Å². The summed E-state index contributed by atoms with van der Waals surface area (Å²) in [6.45, 7) is 3.89. The van der Waals surface area contributed by atoms with Crippen molar-refractivity contribution in [2.45, 2.75) is 26.3 Å². The van der Waals surface area contributed by atoms with Crippen LogP contribution in [-0.4, -0.2) is 31.1 Å². The van der Waals surface area contributed by atoms with Gasteiger partial charge in [-0.3, -0.25) is 14.2 Å². The van der Waals surface area contributed by atoms with Crippen LogP contribution < -0.4 is 16.6 Å². The number of hydrogen-bond acceptors (Lipinski definition) is 4. The third kappa shape index (κ3) is 2.32. The molecule has 0 unspecified atom stereocenters. The highest BCUT2D eigenvalue weighted by atomic mass is 16.2. The van der Waals surface area contributed by atoms with E-state index in [1.165, 1.54) is 8.97 Å². The first kappa shape index (κ1) is 15.0. The van der Waals surface area contributed by atoms with Crippen LogP contribution in [0.15, 0.2) is 27.8 Å². The lowest BCUT2D eigenvalue weighted by Crippen LogP contribution is -2.32. The first-order valence-electron chi connectivity index (χ1n) is 7.34. The second kappa shape index (κ2) is 5.38. The number of aromatic nitrogens is 4.